The summed E-state index contributed by atoms with van der Waals surface area (Å²) >= 11 is 16.0. The number of aliphatic carboxylic acids is 1. The number of aliphatic imine (C=N–C) groups is 1. The molecule has 0 radical (unpaired) electrons. The summed E-state index contributed by atoms with van der Waals surface area (Å²) in [5.41, 5.74) is 17.0. The number of halogens is 2. The zero-order valence-corrected chi connectivity index (χ0v) is 37.0. The highest BCUT2D eigenvalue weighted by Crippen LogP contribution is 2.25. The first-order valence-corrected chi connectivity index (χ1v) is 21.0. The van der Waals surface area contributed by atoms with Gasteiger partial charge in [0.15, 0.2) is 5.96 Å². The van der Waals surface area contributed by atoms with E-state index in [4.69, 9.17) is 40.4 Å². The van der Waals surface area contributed by atoms with Crippen molar-refractivity contribution < 1.29 is 58.5 Å². The van der Waals surface area contributed by atoms with Crippen LogP contribution in [0.25, 0.3) is 0 Å². The van der Waals surface area contributed by atoms with Gasteiger partial charge in [-0.25, -0.2) is 14.6 Å². The smallest absolute Gasteiger partial charge is 0.327 e. The minimum Gasteiger partial charge on any atom is -0.480 e. The molecular formula is C36H52Cl2N14O12S. The lowest BCUT2D eigenvalue weighted by Gasteiger charge is -2.39. The largest absolute Gasteiger partial charge is 0.480 e. The van der Waals surface area contributed by atoms with E-state index in [-0.39, 0.29) is 34.5 Å². The van der Waals surface area contributed by atoms with Crippen LogP contribution in [0.4, 0.5) is 10.5 Å². The molecule has 2 aliphatic heterocycles. The van der Waals surface area contributed by atoms with E-state index in [1.165, 1.54) is 18.2 Å². The molecule has 0 bridgehead atoms. The minimum absolute atomic E-state index is 0.0763. The number of hydrogen-bond donors (Lipinski definition) is 16. The van der Waals surface area contributed by atoms with Gasteiger partial charge in [-0.3, -0.25) is 33.6 Å². The molecule has 3 rings (SSSR count). The number of nitrogens with two attached hydrogens (primary N) is 3. The standard InChI is InChI=1S/C36H52Cl2N14O12S/c1-15(55)52(25(14-65)34(62)63)26-9-20(49-35(41)50-26)28-33(61)42-10-21(45-27(56)7-16(40)3-2-6-39)29(57)47-24(13-54)32(60)48-23(12-53)31(59)46-22(30(58)51-28)11-43-36(64)44-17-4-5-18(37)19(38)8-17/h4-5,8,11,16,20-21,23-26,28,53-54,65H,2-3,6-7,9-10,12-14,39-40H2,1H3,(H,42,61)(H,45,56)(H,46,59)(H,47,57)(H,48,60)(H,51,58)(H,62,63)(H3,41,49,50)(H2,43,44,64)/b22-11-/t16-,20?,21?,23+,24+,25+,26?,28+/m0/s1. The van der Waals surface area contributed by atoms with Crippen molar-refractivity contribution in [3.63, 3.8) is 0 Å². The maximum absolute atomic E-state index is 14.3. The van der Waals surface area contributed by atoms with E-state index in [9.17, 15) is 58.5 Å². The average Bonchev–Trinajstić information content (AvgIpc) is 3.24. The van der Waals surface area contributed by atoms with Gasteiger partial charge in [0.1, 0.15) is 42.1 Å². The van der Waals surface area contributed by atoms with Crippen molar-refractivity contribution in [1.82, 2.24) is 47.4 Å². The molecule has 18 N–H and O–H groups in total. The highest BCUT2D eigenvalue weighted by Gasteiger charge is 2.41. The monoisotopic (exact) mass is 974 g/mol. The molecule has 2 aliphatic rings. The molecule has 9 amide bonds. The predicted molar refractivity (Wildman–Crippen MR) is 235 cm³/mol. The van der Waals surface area contributed by atoms with Gasteiger partial charge >= 0.3 is 12.0 Å². The fourth-order valence-corrected chi connectivity index (χ4v) is 6.93. The Morgan fingerprint density at radius 2 is 1.65 bits per heavy atom. The number of benzene rings is 1. The van der Waals surface area contributed by atoms with Gasteiger partial charge in [-0.15, -0.1) is 0 Å². The van der Waals surface area contributed by atoms with E-state index >= 15 is 0 Å². The number of hydrogen-bond acceptors (Lipinski definition) is 17. The third-order valence-electron chi connectivity index (χ3n) is 9.55. The average molecular weight is 976 g/mol. The summed E-state index contributed by atoms with van der Waals surface area (Å²) in [4.78, 5) is 125. The first kappa shape index (κ1) is 53.4. The molecule has 1 saturated heterocycles. The Morgan fingerprint density at radius 1 is 0.985 bits per heavy atom. The van der Waals surface area contributed by atoms with Crippen molar-refractivity contribution in [3.05, 3.63) is 40.1 Å². The van der Waals surface area contributed by atoms with Crippen LogP contribution in [-0.2, 0) is 38.4 Å². The number of carboxylic acid groups (broad SMARTS) is 1. The minimum atomic E-state index is -1.89. The summed E-state index contributed by atoms with van der Waals surface area (Å²) < 4.78 is 0. The third-order valence-corrected chi connectivity index (χ3v) is 10.6. The van der Waals surface area contributed by atoms with E-state index in [1.54, 1.807) is 0 Å². The van der Waals surface area contributed by atoms with Gasteiger partial charge in [0.2, 0.25) is 35.4 Å². The molecule has 26 nitrogen and oxygen atoms in total. The van der Waals surface area contributed by atoms with Crippen molar-refractivity contribution >= 4 is 101 Å². The fourth-order valence-electron chi connectivity index (χ4n) is 6.30. The Bertz CT molecular complexity index is 2030. The van der Waals surface area contributed by atoms with Crippen molar-refractivity contribution in [2.45, 2.75) is 81.1 Å². The molecule has 0 aromatic heterocycles. The Labute approximate surface area is 386 Å². The van der Waals surface area contributed by atoms with Gasteiger partial charge in [-0.05, 0) is 37.6 Å². The Kier molecular flexibility index (Phi) is 20.9. The summed E-state index contributed by atoms with van der Waals surface area (Å²) in [5, 5.41) is 51.3. The maximum Gasteiger partial charge on any atom is 0.327 e. The van der Waals surface area contributed by atoms with Crippen LogP contribution in [0.15, 0.2) is 35.1 Å². The summed E-state index contributed by atoms with van der Waals surface area (Å²) in [6, 6.07) is -7.85. The van der Waals surface area contributed by atoms with Crippen LogP contribution in [0.2, 0.25) is 10.0 Å². The van der Waals surface area contributed by atoms with Crippen LogP contribution in [0.3, 0.4) is 0 Å². The topological polar surface area (TPSA) is 416 Å². The SMILES string of the molecule is CC(=O)N(C1CC([C@H]2NC(=O)/C(=C/NC(=O)Nc3ccc(Cl)c(Cl)c3)NC(=O)[C@@H](CO)NC(=O)[C@@H](CO)NC(=O)C(NC(=O)C[C@@H](N)CCCN)CNC2=O)NC(N)=N1)[C@H](CS)C(=O)O. The summed E-state index contributed by atoms with van der Waals surface area (Å²) in [6.07, 6.45) is -0.632. The molecule has 358 valence electrons. The zero-order chi connectivity index (χ0) is 48.5. The second-order valence-electron chi connectivity index (χ2n) is 14.4. The van der Waals surface area contributed by atoms with Crippen LogP contribution in [0.1, 0.15) is 32.6 Å². The summed E-state index contributed by atoms with van der Waals surface area (Å²) in [7, 11) is 0. The molecular weight excluding hydrogens is 923 g/mol. The van der Waals surface area contributed by atoms with Crippen LogP contribution < -0.4 is 65.1 Å². The Morgan fingerprint density at radius 3 is 2.25 bits per heavy atom. The maximum atomic E-state index is 14.3. The quantitative estimate of drug-likeness (QED) is 0.0577. The number of carbonyl (C=O) groups is 9. The molecule has 0 saturated carbocycles. The highest BCUT2D eigenvalue weighted by atomic mass is 35.5. The van der Waals surface area contributed by atoms with E-state index in [0.29, 0.717) is 19.0 Å². The number of urea groups is 1. The number of nitrogens with one attached hydrogen (secondary N) is 9. The molecule has 1 aromatic carbocycles. The molecule has 0 aliphatic carbocycles. The molecule has 8 atom stereocenters. The number of aliphatic hydroxyl groups excluding tert-OH is 2. The lowest BCUT2D eigenvalue weighted by atomic mass is 9.98. The number of nitrogens with zero attached hydrogens (tertiary/aromatic N) is 2. The number of aliphatic hydroxyl groups is 2. The molecule has 0 spiro atoms. The van der Waals surface area contributed by atoms with Gasteiger partial charge in [0.25, 0.3) is 5.91 Å². The Hall–Kier alpha value is -5.97. The van der Waals surface area contributed by atoms with Crippen molar-refractivity contribution in [3.8, 4) is 0 Å². The van der Waals surface area contributed by atoms with Crippen LogP contribution in [-0.4, -0.2) is 160 Å². The van der Waals surface area contributed by atoms with Crippen LogP contribution in [0.5, 0.6) is 0 Å². The summed E-state index contributed by atoms with van der Waals surface area (Å²) in [6.45, 7) is -1.61. The Balaban J connectivity index is 2.15. The molecule has 1 aromatic rings. The van der Waals surface area contributed by atoms with Gasteiger partial charge in [-0.2, -0.15) is 12.6 Å². The van der Waals surface area contributed by atoms with E-state index in [1.807, 2.05) is 0 Å². The second kappa shape index (κ2) is 25.5. The molecule has 65 heavy (non-hydrogen) atoms. The summed E-state index contributed by atoms with van der Waals surface area (Å²) in [5.74, 6) is -9.91. The zero-order valence-electron chi connectivity index (χ0n) is 34.6. The van der Waals surface area contributed by atoms with Gasteiger partial charge in [0, 0.05) is 50.0 Å². The molecule has 3 unspecified atom stereocenters. The molecule has 1 fully saturated rings. The number of carbonyl (C=O) groups excluding carboxylic acids is 8. The lowest BCUT2D eigenvalue weighted by molar-refractivity contribution is -0.150. The second-order valence-corrected chi connectivity index (χ2v) is 15.6. The van der Waals surface area contributed by atoms with E-state index < -0.39 is 140 Å². The highest BCUT2D eigenvalue weighted by molar-refractivity contribution is 7.80. The first-order chi connectivity index (χ1) is 30.7. The van der Waals surface area contributed by atoms with Crippen molar-refractivity contribution in [2.75, 3.05) is 37.4 Å². The lowest BCUT2D eigenvalue weighted by Crippen LogP contribution is -2.66. The number of carboxylic acids is 1. The van der Waals surface area contributed by atoms with E-state index in [2.05, 4.69) is 65.5 Å². The van der Waals surface area contributed by atoms with Crippen molar-refractivity contribution in [1.29, 1.82) is 0 Å². The predicted octanol–water partition coefficient (Wildman–Crippen LogP) is -5.18. The van der Waals surface area contributed by atoms with Gasteiger partial charge in [-0.1, -0.05) is 23.2 Å². The number of amides is 9. The van der Waals surface area contributed by atoms with Crippen LogP contribution >= 0.6 is 35.8 Å². The molecule has 29 heteroatoms. The number of guanidine groups is 1. The molecule has 2 heterocycles. The van der Waals surface area contributed by atoms with Gasteiger partial charge in [0.05, 0.1) is 29.3 Å². The van der Waals surface area contributed by atoms with Crippen LogP contribution in [0, 0.1) is 0 Å². The van der Waals surface area contributed by atoms with E-state index in [0.717, 1.165) is 11.8 Å². The van der Waals surface area contributed by atoms with Gasteiger partial charge < -0.3 is 85.3 Å². The number of thiol groups is 1. The third kappa shape index (κ3) is 15.9. The fraction of sp³-hybridized carbons (Fsp3) is 0.500. The number of rotatable bonds is 15. The van der Waals surface area contributed by atoms with Crippen molar-refractivity contribution in [2.24, 2.45) is 22.2 Å². The number of anilines is 1. The first-order valence-electron chi connectivity index (χ1n) is 19.6. The normalized spacial score (nSPS) is 23.7.